The molecule has 3 rings (SSSR count). The average Bonchev–Trinajstić information content (AvgIpc) is 2.78. The van der Waals surface area contributed by atoms with Gasteiger partial charge in [0.15, 0.2) is 0 Å². The molecule has 0 aliphatic carbocycles. The molecule has 80 valence electrons. The number of rotatable bonds is 1. The molecule has 0 spiro atoms. The summed E-state index contributed by atoms with van der Waals surface area (Å²) >= 11 is 3.46. The van der Waals surface area contributed by atoms with Crippen LogP contribution in [-0.2, 0) is 6.54 Å². The minimum atomic E-state index is 0.368. The van der Waals surface area contributed by atoms with E-state index in [9.17, 15) is 0 Å². The van der Waals surface area contributed by atoms with Crippen LogP contribution >= 0.6 is 15.9 Å². The molecular weight excluding hydrogens is 265 g/mol. The standard InChI is InChI=1S/C11H11BBrN3/c1-14-8-2-3-16-10-5-7(13)6(12)4-9(10)15-11(8)16/h4-5,8,14H,2-3H2,1H3. The highest BCUT2D eigenvalue weighted by Crippen LogP contribution is 2.30. The molecule has 1 aliphatic rings. The van der Waals surface area contributed by atoms with E-state index in [2.05, 4.69) is 36.9 Å². The van der Waals surface area contributed by atoms with Crippen LogP contribution in [-0.4, -0.2) is 24.4 Å². The molecule has 1 atom stereocenters. The number of hydrogen-bond acceptors (Lipinski definition) is 2. The smallest absolute Gasteiger partial charge is 0.127 e. The summed E-state index contributed by atoms with van der Waals surface area (Å²) in [5.41, 5.74) is 2.88. The van der Waals surface area contributed by atoms with Crippen LogP contribution in [0.3, 0.4) is 0 Å². The van der Waals surface area contributed by atoms with E-state index in [4.69, 9.17) is 7.85 Å². The second kappa shape index (κ2) is 3.60. The Hall–Kier alpha value is -0.805. The van der Waals surface area contributed by atoms with Crippen molar-refractivity contribution in [3.63, 3.8) is 0 Å². The van der Waals surface area contributed by atoms with Crippen LogP contribution < -0.4 is 10.8 Å². The van der Waals surface area contributed by atoms with Gasteiger partial charge in [0.05, 0.1) is 17.1 Å². The van der Waals surface area contributed by atoms with Crippen LogP contribution in [0.25, 0.3) is 11.0 Å². The van der Waals surface area contributed by atoms with E-state index in [-0.39, 0.29) is 0 Å². The van der Waals surface area contributed by atoms with Crippen molar-refractivity contribution >= 4 is 40.3 Å². The lowest BCUT2D eigenvalue weighted by atomic mass is 9.96. The van der Waals surface area contributed by atoms with E-state index >= 15 is 0 Å². The first-order valence-corrected chi connectivity index (χ1v) is 6.12. The number of imidazole rings is 1. The molecule has 16 heavy (non-hydrogen) atoms. The van der Waals surface area contributed by atoms with Gasteiger partial charge in [0.25, 0.3) is 0 Å². The average molecular weight is 276 g/mol. The fraction of sp³-hybridized carbons (Fsp3) is 0.364. The van der Waals surface area contributed by atoms with Crippen molar-refractivity contribution in [2.45, 2.75) is 19.0 Å². The Bertz CT molecular complexity index is 564. The molecule has 5 heteroatoms. The van der Waals surface area contributed by atoms with E-state index in [0.717, 1.165) is 39.8 Å². The molecule has 2 aromatic rings. The van der Waals surface area contributed by atoms with Crippen molar-refractivity contribution in [1.82, 2.24) is 14.9 Å². The van der Waals surface area contributed by atoms with E-state index in [1.54, 1.807) is 0 Å². The van der Waals surface area contributed by atoms with Crippen LogP contribution in [0.1, 0.15) is 18.3 Å². The fourth-order valence-corrected chi connectivity index (χ4v) is 2.67. The number of aryl methyl sites for hydroxylation is 1. The number of nitrogens with zero attached hydrogens (tertiary/aromatic N) is 2. The molecule has 2 heterocycles. The molecule has 1 aliphatic heterocycles. The van der Waals surface area contributed by atoms with Gasteiger partial charge in [-0.15, -0.1) is 0 Å². The third-order valence-electron chi connectivity index (χ3n) is 3.20. The summed E-state index contributed by atoms with van der Waals surface area (Å²) < 4.78 is 3.20. The molecule has 2 radical (unpaired) electrons. The van der Waals surface area contributed by atoms with Crippen molar-refractivity contribution in [3.8, 4) is 0 Å². The first kappa shape index (κ1) is 10.4. The number of fused-ring (bicyclic) bond motifs is 3. The highest BCUT2D eigenvalue weighted by Gasteiger charge is 2.25. The Balaban J connectivity index is 2.27. The predicted octanol–water partition coefficient (Wildman–Crippen LogP) is 1.26. The Morgan fingerprint density at radius 2 is 2.38 bits per heavy atom. The first-order valence-electron chi connectivity index (χ1n) is 5.33. The maximum absolute atomic E-state index is 5.86. The molecule has 3 nitrogen and oxygen atoms in total. The van der Waals surface area contributed by atoms with Gasteiger partial charge in [-0.25, -0.2) is 4.98 Å². The summed E-state index contributed by atoms with van der Waals surface area (Å²) in [7, 11) is 7.84. The molecule has 0 fully saturated rings. The normalized spacial score (nSPS) is 19.2. The minimum absolute atomic E-state index is 0.368. The monoisotopic (exact) mass is 275 g/mol. The Morgan fingerprint density at radius 3 is 3.12 bits per heavy atom. The molecule has 0 amide bonds. The van der Waals surface area contributed by atoms with Gasteiger partial charge < -0.3 is 9.88 Å². The summed E-state index contributed by atoms with van der Waals surface area (Å²) in [6.45, 7) is 1.02. The van der Waals surface area contributed by atoms with Gasteiger partial charge >= 0.3 is 0 Å². The zero-order valence-corrected chi connectivity index (χ0v) is 10.6. The second-order valence-corrected chi connectivity index (χ2v) is 4.97. The SMILES string of the molecule is [B]c1cc2nc3n(c2cc1Br)CCC3NC. The zero-order valence-electron chi connectivity index (χ0n) is 9.00. The number of halogens is 1. The van der Waals surface area contributed by atoms with Crippen LogP contribution in [0, 0.1) is 0 Å². The van der Waals surface area contributed by atoms with Crippen molar-refractivity contribution in [2.75, 3.05) is 7.05 Å². The summed E-state index contributed by atoms with van der Waals surface area (Å²) in [5, 5.41) is 3.28. The molecule has 1 aromatic heterocycles. The van der Waals surface area contributed by atoms with Crippen LogP contribution in [0.4, 0.5) is 0 Å². The van der Waals surface area contributed by atoms with Gasteiger partial charge in [-0.05, 0) is 25.6 Å². The number of hydrogen-bond donors (Lipinski definition) is 1. The van der Waals surface area contributed by atoms with Gasteiger partial charge in [-0.3, -0.25) is 0 Å². The van der Waals surface area contributed by atoms with Gasteiger partial charge in [-0.2, -0.15) is 0 Å². The first-order chi connectivity index (χ1) is 7.70. The Kier molecular flexibility index (Phi) is 2.33. The minimum Gasteiger partial charge on any atom is -0.327 e. The molecule has 0 bridgehead atoms. The topological polar surface area (TPSA) is 29.9 Å². The predicted molar refractivity (Wildman–Crippen MR) is 69.2 cm³/mol. The third-order valence-corrected chi connectivity index (χ3v) is 3.88. The quantitative estimate of drug-likeness (QED) is 0.794. The van der Waals surface area contributed by atoms with Crippen molar-refractivity contribution in [3.05, 3.63) is 22.4 Å². The van der Waals surface area contributed by atoms with E-state index in [1.165, 1.54) is 0 Å². The van der Waals surface area contributed by atoms with Gasteiger partial charge in [-0.1, -0.05) is 21.4 Å². The summed E-state index contributed by atoms with van der Waals surface area (Å²) in [5.74, 6) is 1.12. The van der Waals surface area contributed by atoms with E-state index in [0.29, 0.717) is 6.04 Å². The number of nitrogens with one attached hydrogen (secondary N) is 1. The van der Waals surface area contributed by atoms with Crippen LogP contribution in [0.15, 0.2) is 16.6 Å². The van der Waals surface area contributed by atoms with Crippen molar-refractivity contribution in [1.29, 1.82) is 0 Å². The molecular formula is C11H11BBrN3. The molecule has 1 N–H and O–H groups in total. The maximum atomic E-state index is 5.86. The zero-order chi connectivity index (χ0) is 11.3. The number of aromatic nitrogens is 2. The van der Waals surface area contributed by atoms with Gasteiger partial charge in [0, 0.05) is 11.0 Å². The van der Waals surface area contributed by atoms with Gasteiger partial charge in [0.2, 0.25) is 0 Å². The molecule has 0 saturated carbocycles. The molecule has 1 unspecified atom stereocenters. The highest BCUT2D eigenvalue weighted by molar-refractivity contribution is 9.10. The van der Waals surface area contributed by atoms with E-state index in [1.807, 2.05) is 13.1 Å². The highest BCUT2D eigenvalue weighted by atomic mass is 79.9. The second-order valence-electron chi connectivity index (χ2n) is 4.11. The largest absolute Gasteiger partial charge is 0.327 e. The maximum Gasteiger partial charge on any atom is 0.127 e. The summed E-state index contributed by atoms with van der Waals surface area (Å²) in [4.78, 5) is 4.65. The molecule has 0 saturated heterocycles. The van der Waals surface area contributed by atoms with Crippen LogP contribution in [0.5, 0.6) is 0 Å². The van der Waals surface area contributed by atoms with Crippen molar-refractivity contribution in [2.24, 2.45) is 0 Å². The Labute approximate surface area is 104 Å². The van der Waals surface area contributed by atoms with Crippen molar-refractivity contribution < 1.29 is 0 Å². The summed E-state index contributed by atoms with van der Waals surface area (Å²) in [6.07, 6.45) is 1.11. The lowest BCUT2D eigenvalue weighted by Gasteiger charge is -2.03. The Morgan fingerprint density at radius 1 is 1.56 bits per heavy atom. The summed E-state index contributed by atoms with van der Waals surface area (Å²) in [6, 6.07) is 4.35. The van der Waals surface area contributed by atoms with E-state index < -0.39 is 0 Å². The lowest BCUT2D eigenvalue weighted by Crippen LogP contribution is -2.13. The lowest BCUT2D eigenvalue weighted by molar-refractivity contribution is 0.578. The number of benzene rings is 1. The van der Waals surface area contributed by atoms with Gasteiger partial charge in [0.1, 0.15) is 13.7 Å². The molecule has 1 aromatic carbocycles. The van der Waals surface area contributed by atoms with Crippen LogP contribution in [0.2, 0.25) is 0 Å². The fourth-order valence-electron chi connectivity index (χ4n) is 2.34. The third kappa shape index (κ3) is 1.35.